The van der Waals surface area contributed by atoms with Crippen molar-refractivity contribution in [2.45, 2.75) is 26.3 Å². The van der Waals surface area contributed by atoms with Crippen LogP contribution in [0, 0.1) is 0 Å². The molecule has 0 radical (unpaired) electrons. The monoisotopic (exact) mass is 300 g/mol. The minimum atomic E-state index is -4.11. The maximum absolute atomic E-state index is 10.7. The van der Waals surface area contributed by atoms with Gasteiger partial charge < -0.3 is 19.1 Å². The van der Waals surface area contributed by atoms with Crippen molar-refractivity contribution in [2.75, 3.05) is 13.0 Å². The Hall–Kier alpha value is -1.34. The van der Waals surface area contributed by atoms with Crippen molar-refractivity contribution >= 4 is 18.8 Å². The van der Waals surface area contributed by atoms with Gasteiger partial charge in [0.05, 0.1) is 18.6 Å². The van der Waals surface area contributed by atoms with Crippen LogP contribution < -0.4 is 0 Å². The summed E-state index contributed by atoms with van der Waals surface area (Å²) in [5, 5.41) is 0. The number of imidazole rings is 1. The van der Waals surface area contributed by atoms with E-state index in [1.807, 2.05) is 13.8 Å². The third-order valence-corrected chi connectivity index (χ3v) is 3.23. The molecule has 0 aliphatic rings. The topological polar surface area (TPSA) is 110 Å². The quantitative estimate of drug-likeness (QED) is 0.607. The van der Waals surface area contributed by atoms with Crippen LogP contribution in [0.2, 0.25) is 0 Å². The molecule has 9 heteroatoms. The van der Waals surface area contributed by atoms with Gasteiger partial charge in [-0.3, -0.25) is 4.57 Å². The number of rotatable bonds is 6. The largest absolute Gasteiger partial charge is 0.367 e. The Labute approximate surface area is 116 Å². The van der Waals surface area contributed by atoms with E-state index < -0.39 is 13.9 Å². The van der Waals surface area contributed by atoms with Gasteiger partial charge in [-0.1, -0.05) is 13.8 Å². The number of hydrogen-bond donors (Lipinski definition) is 2. The molecule has 2 heterocycles. The van der Waals surface area contributed by atoms with Gasteiger partial charge in [0.15, 0.2) is 5.65 Å². The van der Waals surface area contributed by atoms with Crippen molar-refractivity contribution in [3.63, 3.8) is 0 Å². The zero-order valence-electron chi connectivity index (χ0n) is 11.3. The summed E-state index contributed by atoms with van der Waals surface area (Å²) in [6, 6.07) is 0. The lowest BCUT2D eigenvalue weighted by atomic mass is 10.1. The van der Waals surface area contributed by atoms with Gasteiger partial charge in [0.2, 0.25) is 0 Å². The molecule has 0 atom stereocenters. The molecule has 0 unspecified atom stereocenters. The van der Waals surface area contributed by atoms with Crippen LogP contribution in [0.1, 0.15) is 25.5 Å². The summed E-state index contributed by atoms with van der Waals surface area (Å²) in [6.45, 7) is 4.66. The van der Waals surface area contributed by atoms with Gasteiger partial charge in [0, 0.05) is 6.54 Å². The van der Waals surface area contributed by atoms with Crippen LogP contribution >= 0.6 is 7.60 Å². The van der Waals surface area contributed by atoms with Crippen LogP contribution in [0.3, 0.4) is 0 Å². The smallest absolute Gasteiger partial charge is 0.350 e. The Morgan fingerprint density at radius 3 is 2.75 bits per heavy atom. The molecule has 0 aliphatic carbocycles. The molecule has 110 valence electrons. The second-order valence-corrected chi connectivity index (χ2v) is 6.31. The highest BCUT2D eigenvalue weighted by atomic mass is 31.2. The fourth-order valence-corrected chi connectivity index (χ4v) is 2.20. The maximum Gasteiger partial charge on any atom is 0.350 e. The van der Waals surface area contributed by atoms with Gasteiger partial charge in [-0.2, -0.15) is 0 Å². The predicted octanol–water partition coefficient (Wildman–Crippen LogP) is 1.10. The number of fused-ring (bicyclic) bond motifs is 1. The van der Waals surface area contributed by atoms with Crippen LogP contribution in [-0.4, -0.2) is 42.3 Å². The van der Waals surface area contributed by atoms with Crippen molar-refractivity contribution in [3.05, 3.63) is 18.3 Å². The van der Waals surface area contributed by atoms with E-state index in [1.54, 1.807) is 10.9 Å². The van der Waals surface area contributed by atoms with Crippen molar-refractivity contribution in [2.24, 2.45) is 0 Å². The van der Waals surface area contributed by atoms with E-state index in [0.29, 0.717) is 12.2 Å². The average molecular weight is 300 g/mol. The van der Waals surface area contributed by atoms with Gasteiger partial charge in [0.25, 0.3) is 0 Å². The maximum atomic E-state index is 10.7. The van der Waals surface area contributed by atoms with Crippen LogP contribution in [0.15, 0.2) is 12.7 Å². The summed E-state index contributed by atoms with van der Waals surface area (Å²) in [7, 11) is -4.11. The Bertz CT molecular complexity index is 636. The standard InChI is InChI=1S/C11H17N4O4P/c1-8(2)9-10-11(13-5-12-9)15(6-14-10)3-4-19-7-20(16,17)18/h5-6,8H,3-4,7H2,1-2H3,(H2,16,17,18). The Morgan fingerprint density at radius 2 is 2.10 bits per heavy atom. The minimum Gasteiger partial charge on any atom is -0.367 e. The SMILES string of the molecule is CC(C)c1ncnc2c1ncn2CCOCP(=O)(O)O. The highest BCUT2D eigenvalue weighted by Crippen LogP contribution is 2.33. The van der Waals surface area contributed by atoms with Crippen LogP contribution in [-0.2, 0) is 15.8 Å². The van der Waals surface area contributed by atoms with E-state index in [4.69, 9.17) is 14.5 Å². The lowest BCUT2D eigenvalue weighted by Crippen LogP contribution is -2.07. The molecule has 0 saturated carbocycles. The first kappa shape index (κ1) is 15.1. The number of aromatic nitrogens is 4. The first-order valence-electron chi connectivity index (χ1n) is 6.16. The van der Waals surface area contributed by atoms with E-state index in [9.17, 15) is 4.57 Å². The van der Waals surface area contributed by atoms with Crippen LogP contribution in [0.4, 0.5) is 0 Å². The Morgan fingerprint density at radius 1 is 1.35 bits per heavy atom. The van der Waals surface area contributed by atoms with Gasteiger partial charge >= 0.3 is 7.60 Å². The summed E-state index contributed by atoms with van der Waals surface area (Å²) >= 11 is 0. The minimum absolute atomic E-state index is 0.178. The average Bonchev–Trinajstić information content (AvgIpc) is 2.76. The number of ether oxygens (including phenoxy) is 1. The van der Waals surface area contributed by atoms with Gasteiger partial charge in [-0.15, -0.1) is 0 Å². The third-order valence-electron chi connectivity index (χ3n) is 2.71. The lowest BCUT2D eigenvalue weighted by Gasteiger charge is -2.07. The highest BCUT2D eigenvalue weighted by Gasteiger charge is 2.14. The first-order valence-corrected chi connectivity index (χ1v) is 7.96. The fourth-order valence-electron chi connectivity index (χ4n) is 1.83. The zero-order valence-corrected chi connectivity index (χ0v) is 12.2. The Kier molecular flexibility index (Phi) is 4.49. The van der Waals surface area contributed by atoms with E-state index in [2.05, 4.69) is 15.0 Å². The first-order chi connectivity index (χ1) is 9.38. The molecule has 2 aromatic heterocycles. The van der Waals surface area contributed by atoms with Crippen molar-refractivity contribution < 1.29 is 19.1 Å². The second kappa shape index (κ2) is 5.97. The lowest BCUT2D eigenvalue weighted by molar-refractivity contribution is 0.149. The third kappa shape index (κ3) is 3.61. The summed E-state index contributed by atoms with van der Waals surface area (Å²) in [4.78, 5) is 30.1. The summed E-state index contributed by atoms with van der Waals surface area (Å²) < 4.78 is 17.4. The molecule has 0 saturated heterocycles. The molecule has 2 aromatic rings. The molecule has 0 aromatic carbocycles. The van der Waals surface area contributed by atoms with E-state index in [1.165, 1.54) is 6.33 Å². The zero-order chi connectivity index (χ0) is 14.8. The van der Waals surface area contributed by atoms with E-state index in [-0.39, 0.29) is 12.5 Å². The molecule has 0 spiro atoms. The molecule has 2 N–H and O–H groups in total. The van der Waals surface area contributed by atoms with Gasteiger partial charge in [-0.25, -0.2) is 15.0 Å². The van der Waals surface area contributed by atoms with E-state index >= 15 is 0 Å². The van der Waals surface area contributed by atoms with Crippen LogP contribution in [0.5, 0.6) is 0 Å². The molecule has 8 nitrogen and oxygen atoms in total. The van der Waals surface area contributed by atoms with Crippen molar-refractivity contribution in [1.29, 1.82) is 0 Å². The molecule has 0 bridgehead atoms. The molecule has 0 fully saturated rings. The summed E-state index contributed by atoms with van der Waals surface area (Å²) in [6.07, 6.45) is 2.55. The number of hydrogen-bond acceptors (Lipinski definition) is 5. The molecule has 2 rings (SSSR count). The fraction of sp³-hybridized carbons (Fsp3) is 0.545. The van der Waals surface area contributed by atoms with E-state index in [0.717, 1.165) is 11.2 Å². The molecule has 20 heavy (non-hydrogen) atoms. The normalized spacial score (nSPS) is 12.4. The van der Waals surface area contributed by atoms with Gasteiger partial charge in [-0.05, 0) is 5.92 Å². The highest BCUT2D eigenvalue weighted by molar-refractivity contribution is 7.51. The van der Waals surface area contributed by atoms with Crippen LogP contribution in [0.25, 0.3) is 11.2 Å². The molecular formula is C11H17N4O4P. The molecular weight excluding hydrogens is 283 g/mol. The van der Waals surface area contributed by atoms with Gasteiger partial charge in [0.1, 0.15) is 18.2 Å². The second-order valence-electron chi connectivity index (χ2n) is 4.73. The Balaban J connectivity index is 2.08. The number of nitrogens with zero attached hydrogens (tertiary/aromatic N) is 4. The molecule has 0 amide bonds. The van der Waals surface area contributed by atoms with Crippen molar-refractivity contribution in [3.8, 4) is 0 Å². The summed E-state index contributed by atoms with van der Waals surface area (Å²) in [5.41, 5.74) is 2.32. The summed E-state index contributed by atoms with van der Waals surface area (Å²) in [5.74, 6) is 0.245. The molecule has 0 aliphatic heterocycles. The van der Waals surface area contributed by atoms with Crippen molar-refractivity contribution in [1.82, 2.24) is 19.5 Å². The predicted molar refractivity (Wildman–Crippen MR) is 72.3 cm³/mol.